The summed E-state index contributed by atoms with van der Waals surface area (Å²) in [6, 6.07) is 8.24. The molecule has 1 aliphatic carbocycles. The van der Waals surface area contributed by atoms with Crippen molar-refractivity contribution in [3.63, 3.8) is 0 Å². The predicted octanol–water partition coefficient (Wildman–Crippen LogP) is 2.32. The third-order valence-electron chi connectivity index (χ3n) is 5.48. The number of benzene rings is 1. The molecule has 1 aromatic heterocycles. The molecule has 4 rings (SSSR count). The van der Waals surface area contributed by atoms with Crippen LogP contribution in [0.5, 0.6) is 5.75 Å². The zero-order valence-electron chi connectivity index (χ0n) is 16.7. The highest BCUT2D eigenvalue weighted by Gasteiger charge is 2.31. The minimum Gasteiger partial charge on any atom is -0.494 e. The maximum atomic E-state index is 12.1. The Hall–Kier alpha value is -2.41. The van der Waals surface area contributed by atoms with Gasteiger partial charge in [0.25, 0.3) is 0 Å². The molecule has 0 spiro atoms. The standard InChI is InChI=1S/C21H29N5O2/c1-3-28-18-8-4-16(5-9-18)14-25-11-10-19-23-24-20(26(19)13-12-25)15(2)22-21(27)17-6-7-17/h4-5,8-9,15,17H,3,6-7,10-14H2,1-2H3,(H,22,27)/t15-/m0/s1. The van der Waals surface area contributed by atoms with Crippen LogP contribution in [0.4, 0.5) is 0 Å². The van der Waals surface area contributed by atoms with E-state index >= 15 is 0 Å². The fraction of sp³-hybridized carbons (Fsp3) is 0.571. The summed E-state index contributed by atoms with van der Waals surface area (Å²) < 4.78 is 7.71. The number of carbonyl (C=O) groups excluding carboxylic acids is 1. The number of ether oxygens (including phenoxy) is 1. The summed E-state index contributed by atoms with van der Waals surface area (Å²) in [6.45, 7) is 8.33. The van der Waals surface area contributed by atoms with Crippen molar-refractivity contribution in [3.8, 4) is 5.75 Å². The molecule has 150 valence electrons. The maximum Gasteiger partial charge on any atom is 0.223 e. The van der Waals surface area contributed by atoms with E-state index in [9.17, 15) is 4.79 Å². The van der Waals surface area contributed by atoms with E-state index in [4.69, 9.17) is 4.74 Å². The summed E-state index contributed by atoms with van der Waals surface area (Å²) in [4.78, 5) is 14.5. The number of amides is 1. The molecule has 1 aliphatic heterocycles. The molecule has 1 N–H and O–H groups in total. The number of hydrogen-bond acceptors (Lipinski definition) is 5. The molecule has 1 saturated carbocycles. The van der Waals surface area contributed by atoms with Crippen molar-refractivity contribution >= 4 is 5.91 Å². The second kappa shape index (κ2) is 8.31. The number of nitrogens with zero attached hydrogens (tertiary/aromatic N) is 4. The molecule has 1 aromatic carbocycles. The molecule has 7 nitrogen and oxygen atoms in total. The Labute approximate surface area is 166 Å². The number of fused-ring (bicyclic) bond motifs is 1. The third kappa shape index (κ3) is 4.35. The van der Waals surface area contributed by atoms with E-state index in [-0.39, 0.29) is 17.9 Å². The number of rotatable bonds is 7. The summed E-state index contributed by atoms with van der Waals surface area (Å²) >= 11 is 0. The van der Waals surface area contributed by atoms with Crippen LogP contribution in [0.2, 0.25) is 0 Å². The molecule has 28 heavy (non-hydrogen) atoms. The third-order valence-corrected chi connectivity index (χ3v) is 5.48. The summed E-state index contributed by atoms with van der Waals surface area (Å²) in [5.74, 6) is 3.15. The average molecular weight is 383 g/mol. The molecule has 1 fully saturated rings. The fourth-order valence-corrected chi connectivity index (χ4v) is 3.72. The summed E-state index contributed by atoms with van der Waals surface area (Å²) in [7, 11) is 0. The van der Waals surface area contributed by atoms with Crippen LogP contribution < -0.4 is 10.1 Å². The summed E-state index contributed by atoms with van der Waals surface area (Å²) in [6.07, 6.45) is 2.89. The second-order valence-electron chi connectivity index (χ2n) is 7.73. The Balaban J connectivity index is 1.37. The van der Waals surface area contributed by atoms with Crippen LogP contribution in [0.15, 0.2) is 24.3 Å². The van der Waals surface area contributed by atoms with Crippen LogP contribution >= 0.6 is 0 Å². The molecule has 0 radical (unpaired) electrons. The van der Waals surface area contributed by atoms with Gasteiger partial charge in [-0.1, -0.05) is 12.1 Å². The lowest BCUT2D eigenvalue weighted by molar-refractivity contribution is -0.123. The molecule has 0 saturated heterocycles. The van der Waals surface area contributed by atoms with Gasteiger partial charge in [-0.2, -0.15) is 0 Å². The number of carbonyl (C=O) groups is 1. The monoisotopic (exact) mass is 383 g/mol. The van der Waals surface area contributed by atoms with Crippen molar-refractivity contribution in [2.45, 2.75) is 52.2 Å². The van der Waals surface area contributed by atoms with Gasteiger partial charge in [0, 0.05) is 38.5 Å². The minimum absolute atomic E-state index is 0.105. The molecule has 2 aromatic rings. The van der Waals surface area contributed by atoms with Gasteiger partial charge in [0.15, 0.2) is 5.82 Å². The van der Waals surface area contributed by atoms with E-state index in [1.807, 2.05) is 26.0 Å². The van der Waals surface area contributed by atoms with Gasteiger partial charge in [0.2, 0.25) is 5.91 Å². The fourth-order valence-electron chi connectivity index (χ4n) is 3.72. The van der Waals surface area contributed by atoms with Gasteiger partial charge in [0.1, 0.15) is 11.6 Å². The minimum atomic E-state index is -0.105. The summed E-state index contributed by atoms with van der Waals surface area (Å²) in [5, 5.41) is 11.9. The van der Waals surface area contributed by atoms with E-state index in [0.717, 1.165) is 62.8 Å². The SMILES string of the molecule is CCOc1ccc(CN2CCc3nnc([C@H](C)NC(=O)C4CC4)n3CC2)cc1. The Kier molecular flexibility index (Phi) is 5.62. The molecule has 1 amide bonds. The lowest BCUT2D eigenvalue weighted by atomic mass is 10.2. The molecule has 7 heteroatoms. The first-order valence-electron chi connectivity index (χ1n) is 10.3. The largest absolute Gasteiger partial charge is 0.494 e. The van der Waals surface area contributed by atoms with Crippen molar-refractivity contribution in [1.82, 2.24) is 25.0 Å². The first-order valence-corrected chi connectivity index (χ1v) is 10.3. The van der Waals surface area contributed by atoms with Gasteiger partial charge in [-0.15, -0.1) is 10.2 Å². The predicted molar refractivity (Wildman–Crippen MR) is 106 cm³/mol. The Morgan fingerprint density at radius 3 is 2.71 bits per heavy atom. The number of nitrogens with one attached hydrogen (secondary N) is 1. The Morgan fingerprint density at radius 2 is 2.00 bits per heavy atom. The van der Waals surface area contributed by atoms with Crippen LogP contribution in [-0.2, 0) is 24.3 Å². The van der Waals surface area contributed by atoms with Gasteiger partial charge in [0.05, 0.1) is 12.6 Å². The van der Waals surface area contributed by atoms with Gasteiger partial charge in [-0.05, 0) is 44.4 Å². The van der Waals surface area contributed by atoms with Crippen molar-refractivity contribution in [3.05, 3.63) is 41.5 Å². The maximum absolute atomic E-state index is 12.1. The van der Waals surface area contributed by atoms with Gasteiger partial charge >= 0.3 is 0 Å². The van der Waals surface area contributed by atoms with Crippen molar-refractivity contribution in [1.29, 1.82) is 0 Å². The average Bonchev–Trinajstić information content (AvgIpc) is 3.49. The number of aromatic nitrogens is 3. The molecular weight excluding hydrogens is 354 g/mol. The van der Waals surface area contributed by atoms with Crippen LogP contribution in [0.25, 0.3) is 0 Å². The van der Waals surface area contributed by atoms with Gasteiger partial charge in [-0.3, -0.25) is 9.69 Å². The second-order valence-corrected chi connectivity index (χ2v) is 7.73. The smallest absolute Gasteiger partial charge is 0.223 e. The highest BCUT2D eigenvalue weighted by Crippen LogP contribution is 2.29. The topological polar surface area (TPSA) is 72.3 Å². The zero-order chi connectivity index (χ0) is 19.5. The highest BCUT2D eigenvalue weighted by atomic mass is 16.5. The Morgan fingerprint density at radius 1 is 1.21 bits per heavy atom. The van der Waals surface area contributed by atoms with Crippen molar-refractivity contribution in [2.75, 3.05) is 19.7 Å². The number of hydrogen-bond donors (Lipinski definition) is 1. The molecular formula is C21H29N5O2. The van der Waals surface area contributed by atoms with Crippen molar-refractivity contribution in [2.24, 2.45) is 5.92 Å². The molecule has 2 aliphatic rings. The zero-order valence-corrected chi connectivity index (χ0v) is 16.7. The van der Waals surface area contributed by atoms with E-state index in [2.05, 4.69) is 37.1 Å². The quantitative estimate of drug-likeness (QED) is 0.794. The molecule has 0 unspecified atom stereocenters. The van der Waals surface area contributed by atoms with E-state index in [0.29, 0.717) is 6.61 Å². The molecule has 0 bridgehead atoms. The van der Waals surface area contributed by atoms with Gasteiger partial charge in [-0.25, -0.2) is 0 Å². The van der Waals surface area contributed by atoms with Crippen LogP contribution in [-0.4, -0.2) is 45.3 Å². The Bertz CT molecular complexity index is 813. The normalized spacial score (nSPS) is 18.2. The first-order chi connectivity index (χ1) is 13.6. The lowest BCUT2D eigenvalue weighted by Crippen LogP contribution is -2.31. The lowest BCUT2D eigenvalue weighted by Gasteiger charge is -2.20. The van der Waals surface area contributed by atoms with E-state index in [1.165, 1.54) is 5.56 Å². The van der Waals surface area contributed by atoms with E-state index < -0.39 is 0 Å². The van der Waals surface area contributed by atoms with Crippen molar-refractivity contribution < 1.29 is 9.53 Å². The van der Waals surface area contributed by atoms with Crippen LogP contribution in [0.1, 0.15) is 49.9 Å². The van der Waals surface area contributed by atoms with E-state index in [1.54, 1.807) is 0 Å². The molecule has 2 heterocycles. The van der Waals surface area contributed by atoms with Gasteiger partial charge < -0.3 is 14.6 Å². The first kappa shape index (κ1) is 18.9. The van der Waals surface area contributed by atoms with Crippen LogP contribution in [0, 0.1) is 5.92 Å². The molecule has 1 atom stereocenters. The van der Waals surface area contributed by atoms with Crippen LogP contribution in [0.3, 0.4) is 0 Å². The summed E-state index contributed by atoms with van der Waals surface area (Å²) in [5.41, 5.74) is 1.28. The highest BCUT2D eigenvalue weighted by molar-refractivity contribution is 5.81.